The Balaban J connectivity index is 1.81. The molecule has 2 nitrogen and oxygen atoms in total. The van der Waals surface area contributed by atoms with Crippen molar-refractivity contribution >= 4 is 0 Å². The second-order valence-electron chi connectivity index (χ2n) is 7.18. The molecule has 0 aromatic heterocycles. The third kappa shape index (κ3) is 5.12. The van der Waals surface area contributed by atoms with E-state index in [9.17, 15) is 0 Å². The van der Waals surface area contributed by atoms with Gasteiger partial charge in [0.25, 0.3) is 0 Å². The van der Waals surface area contributed by atoms with E-state index in [1.54, 1.807) is 7.11 Å². The first kappa shape index (κ1) is 16.5. The maximum Gasteiger partial charge on any atom is 0.0468 e. The molecule has 1 aliphatic rings. The lowest BCUT2D eigenvalue weighted by Crippen LogP contribution is -2.27. The van der Waals surface area contributed by atoms with Crippen LogP contribution in [0.2, 0.25) is 0 Å². The highest BCUT2D eigenvalue weighted by Crippen LogP contribution is 2.48. The molecule has 0 radical (unpaired) electrons. The Morgan fingerprint density at radius 3 is 2.33 bits per heavy atom. The molecule has 2 rings (SSSR count). The summed E-state index contributed by atoms with van der Waals surface area (Å²) in [6, 6.07) is 9.56. The summed E-state index contributed by atoms with van der Waals surface area (Å²) in [5.74, 6) is 0.724. The molecule has 0 heterocycles. The van der Waals surface area contributed by atoms with Crippen LogP contribution in [-0.2, 0) is 11.2 Å². The van der Waals surface area contributed by atoms with E-state index in [2.05, 4.69) is 50.4 Å². The Hall–Kier alpha value is -0.860. The first-order valence-corrected chi connectivity index (χ1v) is 8.36. The summed E-state index contributed by atoms with van der Waals surface area (Å²) in [6.07, 6.45) is 5.06. The van der Waals surface area contributed by atoms with Crippen LogP contribution < -0.4 is 5.32 Å². The number of benzene rings is 1. The van der Waals surface area contributed by atoms with Crippen LogP contribution in [0.15, 0.2) is 24.3 Å². The van der Waals surface area contributed by atoms with Crippen molar-refractivity contribution < 1.29 is 4.74 Å². The molecule has 1 fully saturated rings. The predicted octanol–water partition coefficient (Wildman–Crippen LogP) is 4.35. The normalized spacial score (nSPS) is 18.0. The smallest absolute Gasteiger partial charge is 0.0468 e. The number of hydrogen-bond donors (Lipinski definition) is 1. The van der Waals surface area contributed by atoms with Crippen molar-refractivity contribution in [3.05, 3.63) is 35.4 Å². The standard InChI is InChI=1S/C19H31NO/c1-15(2)13-17-5-7-18(8-6-17)16(3)20-14-19(9-10-19)11-12-21-4/h5-8,15-16,20H,9-14H2,1-4H3. The minimum absolute atomic E-state index is 0.429. The summed E-state index contributed by atoms with van der Waals surface area (Å²) >= 11 is 0. The van der Waals surface area contributed by atoms with E-state index in [4.69, 9.17) is 4.74 Å². The van der Waals surface area contributed by atoms with Crippen LogP contribution in [-0.4, -0.2) is 20.3 Å². The number of nitrogens with one attached hydrogen (secondary N) is 1. The molecule has 1 aromatic rings. The molecule has 1 aromatic carbocycles. The van der Waals surface area contributed by atoms with Crippen molar-refractivity contribution in [3.8, 4) is 0 Å². The quantitative estimate of drug-likeness (QED) is 0.729. The highest BCUT2D eigenvalue weighted by molar-refractivity contribution is 5.25. The summed E-state index contributed by atoms with van der Waals surface area (Å²) in [4.78, 5) is 0. The lowest BCUT2D eigenvalue weighted by Gasteiger charge is -2.20. The molecular weight excluding hydrogens is 258 g/mol. The van der Waals surface area contributed by atoms with E-state index in [1.807, 2.05) is 0 Å². The first-order chi connectivity index (χ1) is 10.0. The van der Waals surface area contributed by atoms with Gasteiger partial charge in [0.15, 0.2) is 0 Å². The van der Waals surface area contributed by atoms with Crippen molar-refractivity contribution in [2.24, 2.45) is 11.3 Å². The Kier molecular flexibility index (Phi) is 5.83. The fraction of sp³-hybridized carbons (Fsp3) is 0.684. The highest BCUT2D eigenvalue weighted by atomic mass is 16.5. The number of ether oxygens (including phenoxy) is 1. The molecule has 0 saturated heterocycles. The molecule has 1 saturated carbocycles. The topological polar surface area (TPSA) is 21.3 Å². The molecule has 0 aliphatic heterocycles. The minimum atomic E-state index is 0.429. The molecule has 0 bridgehead atoms. The van der Waals surface area contributed by atoms with E-state index in [-0.39, 0.29) is 0 Å². The van der Waals surface area contributed by atoms with Gasteiger partial charge in [0.1, 0.15) is 0 Å². The zero-order chi connectivity index (χ0) is 15.3. The molecule has 1 aliphatic carbocycles. The van der Waals surface area contributed by atoms with Crippen LogP contribution in [0.25, 0.3) is 0 Å². The van der Waals surface area contributed by atoms with Gasteiger partial charge < -0.3 is 10.1 Å². The molecule has 0 spiro atoms. The van der Waals surface area contributed by atoms with E-state index in [1.165, 1.54) is 36.8 Å². The molecular formula is C19H31NO. The van der Waals surface area contributed by atoms with Gasteiger partial charge in [-0.1, -0.05) is 38.1 Å². The van der Waals surface area contributed by atoms with E-state index < -0.39 is 0 Å². The van der Waals surface area contributed by atoms with Gasteiger partial charge in [-0.2, -0.15) is 0 Å². The summed E-state index contributed by atoms with van der Waals surface area (Å²) in [5.41, 5.74) is 3.35. The SMILES string of the molecule is COCCC1(CNC(C)c2ccc(CC(C)C)cc2)CC1. The molecule has 0 amide bonds. The molecule has 1 N–H and O–H groups in total. The van der Waals surface area contributed by atoms with Gasteiger partial charge in [-0.15, -0.1) is 0 Å². The highest BCUT2D eigenvalue weighted by Gasteiger charge is 2.41. The monoisotopic (exact) mass is 289 g/mol. The number of hydrogen-bond acceptors (Lipinski definition) is 2. The maximum atomic E-state index is 5.23. The van der Waals surface area contributed by atoms with Crippen molar-refractivity contribution in [3.63, 3.8) is 0 Å². The van der Waals surface area contributed by atoms with Crippen LogP contribution in [0.1, 0.15) is 57.2 Å². The summed E-state index contributed by atoms with van der Waals surface area (Å²) in [7, 11) is 1.80. The van der Waals surface area contributed by atoms with Crippen LogP contribution in [0, 0.1) is 11.3 Å². The fourth-order valence-corrected chi connectivity index (χ4v) is 2.91. The average molecular weight is 289 g/mol. The van der Waals surface area contributed by atoms with Crippen molar-refractivity contribution in [1.82, 2.24) is 5.32 Å². The summed E-state index contributed by atoms with van der Waals surface area (Å²) in [5, 5.41) is 3.72. The van der Waals surface area contributed by atoms with Crippen LogP contribution in [0.4, 0.5) is 0 Å². The zero-order valence-corrected chi connectivity index (χ0v) is 14.1. The van der Waals surface area contributed by atoms with Gasteiger partial charge in [0, 0.05) is 26.3 Å². The first-order valence-electron chi connectivity index (χ1n) is 8.36. The Morgan fingerprint density at radius 2 is 1.81 bits per heavy atom. The molecule has 2 heteroatoms. The van der Waals surface area contributed by atoms with Gasteiger partial charge in [0.2, 0.25) is 0 Å². The summed E-state index contributed by atoms with van der Waals surface area (Å²) < 4.78 is 5.23. The van der Waals surface area contributed by atoms with Gasteiger partial charge in [-0.3, -0.25) is 0 Å². The molecule has 118 valence electrons. The van der Waals surface area contributed by atoms with Gasteiger partial charge in [-0.05, 0) is 55.1 Å². The van der Waals surface area contributed by atoms with Crippen molar-refractivity contribution in [1.29, 1.82) is 0 Å². The third-order valence-electron chi connectivity index (χ3n) is 4.70. The third-order valence-corrected chi connectivity index (χ3v) is 4.70. The van der Waals surface area contributed by atoms with E-state index >= 15 is 0 Å². The largest absolute Gasteiger partial charge is 0.385 e. The zero-order valence-electron chi connectivity index (χ0n) is 14.1. The summed E-state index contributed by atoms with van der Waals surface area (Å²) in [6.45, 7) is 8.81. The molecule has 21 heavy (non-hydrogen) atoms. The van der Waals surface area contributed by atoms with E-state index in [0.717, 1.165) is 19.1 Å². The Labute approximate surface area is 130 Å². The number of methoxy groups -OCH3 is 1. The van der Waals surface area contributed by atoms with Gasteiger partial charge >= 0.3 is 0 Å². The predicted molar refractivity (Wildman–Crippen MR) is 89.6 cm³/mol. The fourth-order valence-electron chi connectivity index (χ4n) is 2.91. The van der Waals surface area contributed by atoms with Crippen LogP contribution in [0.3, 0.4) is 0 Å². The lowest BCUT2D eigenvalue weighted by molar-refractivity contribution is 0.170. The maximum absolute atomic E-state index is 5.23. The second-order valence-corrected chi connectivity index (χ2v) is 7.18. The van der Waals surface area contributed by atoms with Crippen LogP contribution >= 0.6 is 0 Å². The van der Waals surface area contributed by atoms with Crippen molar-refractivity contribution in [2.45, 2.75) is 52.5 Å². The van der Waals surface area contributed by atoms with E-state index in [0.29, 0.717) is 11.5 Å². The molecule has 1 unspecified atom stereocenters. The Bertz CT molecular complexity index is 420. The minimum Gasteiger partial charge on any atom is -0.385 e. The average Bonchev–Trinajstić information content (AvgIpc) is 3.23. The van der Waals surface area contributed by atoms with Gasteiger partial charge in [-0.25, -0.2) is 0 Å². The second kappa shape index (κ2) is 7.42. The number of rotatable bonds is 9. The Morgan fingerprint density at radius 1 is 1.14 bits per heavy atom. The lowest BCUT2D eigenvalue weighted by atomic mass is 9.99. The van der Waals surface area contributed by atoms with Crippen LogP contribution in [0.5, 0.6) is 0 Å². The van der Waals surface area contributed by atoms with Crippen molar-refractivity contribution in [2.75, 3.05) is 20.3 Å². The molecule has 1 atom stereocenters. The van der Waals surface area contributed by atoms with Gasteiger partial charge in [0.05, 0.1) is 0 Å².